The van der Waals surface area contributed by atoms with Crippen LogP contribution in [0.3, 0.4) is 0 Å². The first-order chi connectivity index (χ1) is 10.2. The monoisotopic (exact) mass is 280 g/mol. The number of aryl methyl sites for hydroxylation is 1. The maximum atomic E-state index is 12.7. The van der Waals surface area contributed by atoms with Crippen LogP contribution in [0.4, 0.5) is 10.5 Å². The molecule has 1 aromatic heterocycles. The zero-order valence-electron chi connectivity index (χ0n) is 12.0. The van der Waals surface area contributed by atoms with Gasteiger partial charge in [-0.15, -0.1) is 5.10 Å². The minimum atomic E-state index is -0.199. The minimum Gasteiger partial charge on any atom is -0.293 e. The lowest BCUT2D eigenvalue weighted by Crippen LogP contribution is -2.35. The second-order valence-corrected chi connectivity index (χ2v) is 4.86. The van der Waals surface area contributed by atoms with Gasteiger partial charge in [0.25, 0.3) is 0 Å². The van der Waals surface area contributed by atoms with Crippen molar-refractivity contribution in [3.63, 3.8) is 0 Å². The number of carbonyl (C=O) groups is 1. The largest absolute Gasteiger partial charge is 0.351 e. The highest BCUT2D eigenvalue weighted by molar-refractivity contribution is 5.98. The van der Waals surface area contributed by atoms with E-state index < -0.39 is 0 Å². The van der Waals surface area contributed by atoms with E-state index in [9.17, 15) is 4.79 Å². The number of aromatic nitrogens is 3. The zero-order valence-corrected chi connectivity index (χ0v) is 12.0. The van der Waals surface area contributed by atoms with Crippen LogP contribution in [-0.2, 0) is 0 Å². The van der Waals surface area contributed by atoms with Gasteiger partial charge in [0, 0.05) is 12.2 Å². The van der Waals surface area contributed by atoms with Crippen molar-refractivity contribution < 1.29 is 4.79 Å². The molecule has 0 spiro atoms. The zero-order chi connectivity index (χ0) is 14.8. The minimum absolute atomic E-state index is 0.199. The lowest BCUT2D eigenvalue weighted by molar-refractivity contribution is 0.245. The summed E-state index contributed by atoms with van der Waals surface area (Å²) in [4.78, 5) is 14.4. The molecule has 106 valence electrons. The van der Waals surface area contributed by atoms with Crippen LogP contribution >= 0.6 is 0 Å². The third-order valence-corrected chi connectivity index (χ3v) is 3.40. The summed E-state index contributed by atoms with van der Waals surface area (Å²) >= 11 is 0. The number of fused-ring (bicyclic) bond motifs is 1. The fraction of sp³-hybridized carbons (Fsp3) is 0.188. The summed E-state index contributed by atoms with van der Waals surface area (Å²) in [7, 11) is 0. The topological polar surface area (TPSA) is 51.0 Å². The maximum absolute atomic E-state index is 12.7. The highest BCUT2D eigenvalue weighted by atomic mass is 16.2. The number of amides is 1. The smallest absolute Gasteiger partial charge is 0.293 e. The van der Waals surface area contributed by atoms with Crippen LogP contribution in [0.2, 0.25) is 0 Å². The number of carbonyl (C=O) groups excluding carboxylic acids is 1. The SMILES string of the molecule is CCN(C(=O)n1nnc2cc(C)ccc21)c1ccccc1. The van der Waals surface area contributed by atoms with Crippen LogP contribution in [0.5, 0.6) is 0 Å². The Labute approximate surface area is 122 Å². The number of hydrogen-bond acceptors (Lipinski definition) is 3. The van der Waals surface area contributed by atoms with Crippen LogP contribution in [0.15, 0.2) is 48.5 Å². The van der Waals surface area contributed by atoms with Gasteiger partial charge in [-0.3, -0.25) is 4.90 Å². The van der Waals surface area contributed by atoms with Gasteiger partial charge in [0.05, 0.1) is 5.52 Å². The van der Waals surface area contributed by atoms with Gasteiger partial charge in [-0.05, 0) is 43.7 Å². The van der Waals surface area contributed by atoms with Gasteiger partial charge in [0.1, 0.15) is 5.52 Å². The van der Waals surface area contributed by atoms with Gasteiger partial charge in [0.2, 0.25) is 0 Å². The van der Waals surface area contributed by atoms with Crippen molar-refractivity contribution in [2.45, 2.75) is 13.8 Å². The van der Waals surface area contributed by atoms with Crippen LogP contribution in [0.1, 0.15) is 12.5 Å². The van der Waals surface area contributed by atoms with Crippen LogP contribution in [0, 0.1) is 6.92 Å². The van der Waals surface area contributed by atoms with E-state index in [1.165, 1.54) is 4.68 Å². The molecule has 0 aliphatic rings. The first-order valence-electron chi connectivity index (χ1n) is 6.89. The number of para-hydroxylation sites is 1. The number of nitrogens with zero attached hydrogens (tertiary/aromatic N) is 4. The Bertz CT molecular complexity index is 779. The van der Waals surface area contributed by atoms with E-state index in [4.69, 9.17) is 0 Å². The second kappa shape index (κ2) is 5.36. The van der Waals surface area contributed by atoms with Gasteiger partial charge in [0.15, 0.2) is 0 Å². The molecule has 1 heterocycles. The van der Waals surface area contributed by atoms with Gasteiger partial charge in [-0.1, -0.05) is 29.5 Å². The third-order valence-electron chi connectivity index (χ3n) is 3.40. The molecule has 3 aromatic rings. The molecule has 3 rings (SSSR count). The average Bonchev–Trinajstić information content (AvgIpc) is 2.92. The highest BCUT2D eigenvalue weighted by Gasteiger charge is 2.19. The summed E-state index contributed by atoms with van der Waals surface area (Å²) in [5, 5.41) is 8.08. The Morgan fingerprint density at radius 3 is 2.67 bits per heavy atom. The van der Waals surface area contributed by atoms with Gasteiger partial charge < -0.3 is 0 Å². The second-order valence-electron chi connectivity index (χ2n) is 4.86. The molecule has 0 aliphatic carbocycles. The molecule has 0 saturated heterocycles. The predicted molar refractivity (Wildman–Crippen MR) is 82.5 cm³/mol. The Kier molecular flexibility index (Phi) is 3.39. The highest BCUT2D eigenvalue weighted by Crippen LogP contribution is 2.17. The Morgan fingerprint density at radius 2 is 1.95 bits per heavy atom. The van der Waals surface area contributed by atoms with Gasteiger partial charge >= 0.3 is 6.03 Å². The lowest BCUT2D eigenvalue weighted by Gasteiger charge is -2.20. The summed E-state index contributed by atoms with van der Waals surface area (Å²) in [6.45, 7) is 4.49. The number of rotatable bonds is 2. The van der Waals surface area contributed by atoms with Crippen LogP contribution in [-0.4, -0.2) is 27.6 Å². The van der Waals surface area contributed by atoms with Crippen molar-refractivity contribution in [3.8, 4) is 0 Å². The molecule has 0 atom stereocenters. The van der Waals surface area contributed by atoms with Crippen molar-refractivity contribution >= 4 is 22.8 Å². The summed E-state index contributed by atoms with van der Waals surface area (Å²) in [5.74, 6) is 0. The van der Waals surface area contributed by atoms with Gasteiger partial charge in [-0.2, -0.15) is 4.68 Å². The quantitative estimate of drug-likeness (QED) is 0.724. The van der Waals surface area contributed by atoms with E-state index in [0.29, 0.717) is 6.54 Å². The maximum Gasteiger partial charge on any atom is 0.351 e. The van der Waals surface area contributed by atoms with Crippen molar-refractivity contribution in [2.24, 2.45) is 0 Å². The van der Waals surface area contributed by atoms with E-state index in [-0.39, 0.29) is 6.03 Å². The van der Waals surface area contributed by atoms with Crippen molar-refractivity contribution in [1.29, 1.82) is 0 Å². The molecule has 5 heteroatoms. The van der Waals surface area contributed by atoms with Crippen molar-refractivity contribution in [3.05, 3.63) is 54.1 Å². The fourth-order valence-corrected chi connectivity index (χ4v) is 2.33. The Morgan fingerprint density at radius 1 is 1.19 bits per heavy atom. The molecule has 0 fully saturated rings. The molecule has 5 nitrogen and oxygen atoms in total. The van der Waals surface area contributed by atoms with Crippen LogP contribution < -0.4 is 4.90 Å². The molecule has 0 saturated carbocycles. The molecule has 0 N–H and O–H groups in total. The molecule has 1 amide bonds. The Hall–Kier alpha value is -2.69. The van der Waals surface area contributed by atoms with E-state index in [1.54, 1.807) is 4.90 Å². The third kappa shape index (κ3) is 2.38. The number of anilines is 1. The first kappa shape index (κ1) is 13.3. The molecule has 2 aromatic carbocycles. The molecule has 21 heavy (non-hydrogen) atoms. The van der Waals surface area contributed by atoms with E-state index in [1.807, 2.05) is 62.4 Å². The summed E-state index contributed by atoms with van der Waals surface area (Å²) < 4.78 is 1.35. The fourth-order valence-electron chi connectivity index (χ4n) is 2.33. The first-order valence-corrected chi connectivity index (χ1v) is 6.89. The average molecular weight is 280 g/mol. The number of benzene rings is 2. The molecular formula is C16H16N4O. The summed E-state index contributed by atoms with van der Waals surface area (Å²) in [6, 6.07) is 15.1. The summed E-state index contributed by atoms with van der Waals surface area (Å²) in [6.07, 6.45) is 0. The van der Waals surface area contributed by atoms with Crippen molar-refractivity contribution in [1.82, 2.24) is 15.0 Å². The molecule has 0 bridgehead atoms. The molecular weight excluding hydrogens is 264 g/mol. The molecule has 0 unspecified atom stereocenters. The Balaban J connectivity index is 2.03. The normalized spacial score (nSPS) is 10.8. The summed E-state index contributed by atoms with van der Waals surface area (Å²) in [5.41, 5.74) is 3.39. The number of hydrogen-bond donors (Lipinski definition) is 0. The van der Waals surface area contributed by atoms with E-state index in [0.717, 1.165) is 22.3 Å². The lowest BCUT2D eigenvalue weighted by atomic mass is 10.2. The van der Waals surface area contributed by atoms with Crippen molar-refractivity contribution in [2.75, 3.05) is 11.4 Å². The predicted octanol–water partition coefficient (Wildman–Crippen LogP) is 3.23. The van der Waals surface area contributed by atoms with Gasteiger partial charge in [-0.25, -0.2) is 4.79 Å². The van der Waals surface area contributed by atoms with E-state index in [2.05, 4.69) is 10.3 Å². The molecule has 0 aliphatic heterocycles. The standard InChI is InChI=1S/C16H16N4O/c1-3-19(13-7-5-4-6-8-13)16(21)20-15-10-9-12(2)11-14(15)17-18-20/h4-11H,3H2,1-2H3. The van der Waals surface area contributed by atoms with E-state index >= 15 is 0 Å². The molecule has 0 radical (unpaired) electrons. The van der Waals surface area contributed by atoms with Crippen LogP contribution in [0.25, 0.3) is 11.0 Å².